The molecular weight excluding hydrogens is 220 g/mol. The summed E-state index contributed by atoms with van der Waals surface area (Å²) in [6.45, 7) is 3.46. The van der Waals surface area contributed by atoms with Crippen LogP contribution >= 0.6 is 11.8 Å². The molecule has 0 bridgehead atoms. The molecule has 0 saturated carbocycles. The quantitative estimate of drug-likeness (QED) is 0.795. The van der Waals surface area contributed by atoms with E-state index >= 15 is 0 Å². The second kappa shape index (κ2) is 6.41. The van der Waals surface area contributed by atoms with E-state index < -0.39 is 0 Å². The molecule has 4 heteroatoms. The van der Waals surface area contributed by atoms with Gasteiger partial charge in [-0.3, -0.25) is 0 Å². The van der Waals surface area contributed by atoms with Crippen LogP contribution in [0.25, 0.3) is 0 Å². The van der Waals surface area contributed by atoms with Gasteiger partial charge in [-0.1, -0.05) is 6.07 Å². The topological polar surface area (TPSA) is 47.3 Å². The van der Waals surface area contributed by atoms with Gasteiger partial charge in [0.2, 0.25) is 0 Å². The summed E-state index contributed by atoms with van der Waals surface area (Å²) in [5.41, 5.74) is 1.61. The maximum atomic E-state index is 9.19. The van der Waals surface area contributed by atoms with E-state index in [1.54, 1.807) is 11.8 Å². The van der Waals surface area contributed by atoms with Gasteiger partial charge in [-0.15, -0.1) is 11.8 Å². The summed E-state index contributed by atoms with van der Waals surface area (Å²) in [4.78, 5) is 2.99. The number of aliphatic hydroxyl groups excluding tert-OH is 1. The second-order valence-corrected chi connectivity index (χ2v) is 4.12. The average molecular weight is 236 g/mol. The molecule has 0 aliphatic rings. The number of hydrogen-bond acceptors (Lipinski definition) is 4. The molecule has 3 nitrogen and oxygen atoms in total. The minimum absolute atomic E-state index is 0.0994. The van der Waals surface area contributed by atoms with Gasteiger partial charge < -0.3 is 10.0 Å². The Bertz CT molecular complexity index is 387. The number of hydrogen-bond donors (Lipinski definition) is 1. The molecule has 0 aliphatic carbocycles. The van der Waals surface area contributed by atoms with E-state index in [2.05, 4.69) is 6.07 Å². The van der Waals surface area contributed by atoms with Crippen molar-refractivity contribution in [2.45, 2.75) is 11.8 Å². The van der Waals surface area contributed by atoms with Crippen molar-refractivity contribution in [2.24, 2.45) is 0 Å². The smallest absolute Gasteiger partial charge is 0.103 e. The molecule has 0 aliphatic heterocycles. The van der Waals surface area contributed by atoms with Crippen molar-refractivity contribution < 1.29 is 5.11 Å². The number of likely N-dealkylation sites (N-methyl/N-ethyl adjacent to an activating group) is 1. The number of nitrogens with zero attached hydrogens (tertiary/aromatic N) is 2. The van der Waals surface area contributed by atoms with Gasteiger partial charge in [0.1, 0.15) is 6.07 Å². The van der Waals surface area contributed by atoms with Gasteiger partial charge in [-0.25, -0.2) is 0 Å². The Labute approximate surface area is 101 Å². The lowest BCUT2D eigenvalue weighted by Gasteiger charge is -2.23. The normalized spacial score (nSPS) is 9.88. The van der Waals surface area contributed by atoms with Crippen molar-refractivity contribution >= 4 is 17.4 Å². The lowest BCUT2D eigenvalue weighted by Crippen LogP contribution is -2.27. The molecule has 0 spiro atoms. The van der Waals surface area contributed by atoms with Crippen LogP contribution in [0.15, 0.2) is 23.1 Å². The molecule has 86 valence electrons. The Hall–Kier alpha value is -1.18. The highest BCUT2D eigenvalue weighted by Crippen LogP contribution is 2.28. The Kier molecular flexibility index (Phi) is 5.17. The zero-order chi connectivity index (χ0) is 12.0. The molecule has 0 aromatic heterocycles. The van der Waals surface area contributed by atoms with Crippen LogP contribution in [-0.4, -0.2) is 31.1 Å². The van der Waals surface area contributed by atoms with Crippen LogP contribution in [-0.2, 0) is 0 Å². The first-order valence-electron chi connectivity index (χ1n) is 5.21. The van der Waals surface area contributed by atoms with Gasteiger partial charge in [0.25, 0.3) is 0 Å². The van der Waals surface area contributed by atoms with Crippen LogP contribution in [0.5, 0.6) is 0 Å². The first-order chi connectivity index (χ1) is 7.78. The highest BCUT2D eigenvalue weighted by molar-refractivity contribution is 7.98. The molecular formula is C12H16N2OS. The van der Waals surface area contributed by atoms with Gasteiger partial charge in [-0.05, 0) is 25.3 Å². The van der Waals surface area contributed by atoms with Crippen molar-refractivity contribution in [1.82, 2.24) is 0 Å². The van der Waals surface area contributed by atoms with E-state index in [0.29, 0.717) is 12.1 Å². The molecule has 1 aromatic carbocycles. The standard InChI is InChI=1S/C12H16N2OS/c1-3-14(7-8-15)11-5-4-6-12(16-2)10(11)9-13/h4-6,15H,3,7-8H2,1-2H3. The summed E-state index contributed by atoms with van der Waals surface area (Å²) >= 11 is 1.57. The highest BCUT2D eigenvalue weighted by Gasteiger charge is 2.12. The zero-order valence-corrected chi connectivity index (χ0v) is 10.4. The molecule has 0 radical (unpaired) electrons. The monoisotopic (exact) mass is 236 g/mol. The molecule has 1 rings (SSSR count). The van der Waals surface area contributed by atoms with E-state index in [1.165, 1.54) is 0 Å². The molecule has 16 heavy (non-hydrogen) atoms. The summed E-state index contributed by atoms with van der Waals surface area (Å²) in [6, 6.07) is 8.06. The predicted molar refractivity (Wildman–Crippen MR) is 67.9 cm³/mol. The first-order valence-corrected chi connectivity index (χ1v) is 6.43. The molecule has 0 fully saturated rings. The Morgan fingerprint density at radius 1 is 1.50 bits per heavy atom. The molecule has 0 unspecified atom stereocenters. The van der Waals surface area contributed by atoms with E-state index in [9.17, 15) is 5.26 Å². The van der Waals surface area contributed by atoms with Crippen molar-refractivity contribution in [3.63, 3.8) is 0 Å². The first kappa shape index (κ1) is 12.9. The lowest BCUT2D eigenvalue weighted by molar-refractivity contribution is 0.302. The third kappa shape index (κ3) is 2.69. The summed E-state index contributed by atoms with van der Waals surface area (Å²) < 4.78 is 0. The number of benzene rings is 1. The highest BCUT2D eigenvalue weighted by atomic mass is 32.2. The van der Waals surface area contributed by atoms with E-state index in [4.69, 9.17) is 5.11 Å². The molecule has 0 heterocycles. The average Bonchev–Trinajstić information content (AvgIpc) is 2.34. The summed E-state index contributed by atoms with van der Waals surface area (Å²) in [6.07, 6.45) is 1.96. The maximum absolute atomic E-state index is 9.19. The molecule has 0 amide bonds. The molecule has 1 aromatic rings. The van der Waals surface area contributed by atoms with Gasteiger partial charge >= 0.3 is 0 Å². The van der Waals surface area contributed by atoms with Crippen molar-refractivity contribution in [3.05, 3.63) is 23.8 Å². The molecule has 1 N–H and O–H groups in total. The van der Waals surface area contributed by atoms with Gasteiger partial charge in [0, 0.05) is 18.0 Å². The number of thioether (sulfide) groups is 1. The zero-order valence-electron chi connectivity index (χ0n) is 9.60. The third-order valence-electron chi connectivity index (χ3n) is 2.43. The van der Waals surface area contributed by atoms with Crippen LogP contribution in [0.2, 0.25) is 0 Å². The number of rotatable bonds is 5. The second-order valence-electron chi connectivity index (χ2n) is 3.27. The Morgan fingerprint density at radius 3 is 2.75 bits per heavy atom. The van der Waals surface area contributed by atoms with Gasteiger partial charge in [0.05, 0.1) is 17.9 Å². The largest absolute Gasteiger partial charge is 0.395 e. The number of nitriles is 1. The van der Waals surface area contributed by atoms with Crippen molar-refractivity contribution in [1.29, 1.82) is 5.26 Å². The fraction of sp³-hybridized carbons (Fsp3) is 0.417. The maximum Gasteiger partial charge on any atom is 0.103 e. The van der Waals surface area contributed by atoms with E-state index in [0.717, 1.165) is 17.1 Å². The Morgan fingerprint density at radius 2 is 2.25 bits per heavy atom. The predicted octanol–water partition coefficient (Wildman–Crippen LogP) is 2.10. The van der Waals surface area contributed by atoms with Crippen LogP contribution in [0.1, 0.15) is 12.5 Å². The van der Waals surface area contributed by atoms with Gasteiger partial charge in [-0.2, -0.15) is 5.26 Å². The van der Waals surface area contributed by atoms with Gasteiger partial charge in [0.15, 0.2) is 0 Å². The summed E-state index contributed by atoms with van der Waals surface area (Å²) in [7, 11) is 0. The number of aliphatic hydroxyl groups is 1. The number of anilines is 1. The van der Waals surface area contributed by atoms with Crippen LogP contribution < -0.4 is 4.90 Å². The lowest BCUT2D eigenvalue weighted by atomic mass is 10.1. The van der Waals surface area contributed by atoms with Crippen LogP contribution in [0.3, 0.4) is 0 Å². The third-order valence-corrected chi connectivity index (χ3v) is 3.21. The van der Waals surface area contributed by atoms with Crippen LogP contribution in [0, 0.1) is 11.3 Å². The molecule has 0 atom stereocenters. The molecule has 0 saturated heterocycles. The fourth-order valence-electron chi connectivity index (χ4n) is 1.64. The van der Waals surface area contributed by atoms with Crippen molar-refractivity contribution in [3.8, 4) is 6.07 Å². The minimum atomic E-state index is 0.0994. The SMILES string of the molecule is CCN(CCO)c1cccc(SC)c1C#N. The summed E-state index contributed by atoms with van der Waals surface area (Å²) in [5, 5.41) is 18.2. The Balaban J connectivity index is 3.16. The van der Waals surface area contributed by atoms with Crippen LogP contribution in [0.4, 0.5) is 5.69 Å². The summed E-state index contributed by atoms with van der Waals surface area (Å²) in [5.74, 6) is 0. The minimum Gasteiger partial charge on any atom is -0.395 e. The fourth-order valence-corrected chi connectivity index (χ4v) is 2.20. The van der Waals surface area contributed by atoms with E-state index in [1.807, 2.05) is 36.3 Å². The van der Waals surface area contributed by atoms with E-state index in [-0.39, 0.29) is 6.61 Å². The van der Waals surface area contributed by atoms with Crippen molar-refractivity contribution in [2.75, 3.05) is 30.9 Å².